The monoisotopic (exact) mass is 515 g/mol. The summed E-state index contributed by atoms with van der Waals surface area (Å²) in [6.45, 7) is 1.37. The Morgan fingerprint density at radius 2 is 1.81 bits per heavy atom. The number of nitrogens with zero attached hydrogens (tertiary/aromatic N) is 7. The van der Waals surface area contributed by atoms with E-state index < -0.39 is 29.9 Å². The highest BCUT2D eigenvalue weighted by Gasteiger charge is 2.21. The molecule has 2 amide bonds. The minimum Gasteiger partial charge on any atom is -0.441 e. The molecule has 4 aromatic rings. The zero-order valence-electron chi connectivity index (χ0n) is 18.6. The lowest BCUT2D eigenvalue weighted by atomic mass is 10.2. The molecule has 0 aliphatic carbocycles. The van der Waals surface area contributed by atoms with Crippen molar-refractivity contribution in [2.24, 2.45) is 7.05 Å². The van der Waals surface area contributed by atoms with Crippen molar-refractivity contribution in [3.8, 4) is 11.4 Å². The van der Waals surface area contributed by atoms with Gasteiger partial charge in [-0.3, -0.25) is 15.1 Å². The number of hydrogen-bond donors (Lipinski definition) is 2. The molecule has 2 N–H and O–H groups in total. The maximum atomic E-state index is 13.9. The van der Waals surface area contributed by atoms with Gasteiger partial charge in [-0.05, 0) is 36.7 Å². The second-order valence-electron chi connectivity index (χ2n) is 7.24. The average molecular weight is 516 g/mol. The minimum atomic E-state index is -1.13. The Bertz CT molecular complexity index is 1420. The van der Waals surface area contributed by atoms with E-state index in [9.17, 15) is 18.4 Å². The quantitative estimate of drug-likeness (QED) is 0.290. The fraction of sp³-hybridized carbons (Fsp3) is 0.143. The van der Waals surface area contributed by atoms with E-state index in [1.165, 1.54) is 37.2 Å². The predicted octanol–water partition coefficient (Wildman–Crippen LogP) is 3.56. The highest BCUT2D eigenvalue weighted by atomic mass is 35.5. The summed E-state index contributed by atoms with van der Waals surface area (Å²) in [5.41, 5.74) is 0.865. The van der Waals surface area contributed by atoms with Gasteiger partial charge >= 0.3 is 6.09 Å². The number of pyridine rings is 2. The molecule has 0 bridgehead atoms. The Kier molecular flexibility index (Phi) is 7.05. The van der Waals surface area contributed by atoms with Crippen LogP contribution < -0.4 is 10.6 Å². The number of aryl methyl sites for hydroxylation is 1. The van der Waals surface area contributed by atoms with Crippen LogP contribution in [0.4, 0.5) is 25.1 Å². The van der Waals surface area contributed by atoms with Gasteiger partial charge in [0, 0.05) is 19.4 Å². The highest BCUT2D eigenvalue weighted by Crippen LogP contribution is 2.26. The standard InChI is InChI=1S/C21H16ClF2N9O3/c1-10(14-5-12(23)8-26-17(14)24)36-21(35)30-18-16(31-32-33(18)2)15-4-3-13(9-25-15)29-19(34)11-6-27-20(22)28-7-11/h3-10H,1-2H3,(H,29,34)(H,30,35). The zero-order valence-corrected chi connectivity index (χ0v) is 19.4. The number of aromatic nitrogens is 7. The molecule has 0 saturated carbocycles. The van der Waals surface area contributed by atoms with E-state index in [0.29, 0.717) is 11.4 Å². The topological polar surface area (TPSA) is 150 Å². The lowest BCUT2D eigenvalue weighted by Crippen LogP contribution is -2.19. The normalized spacial score (nSPS) is 11.6. The zero-order chi connectivity index (χ0) is 25.8. The van der Waals surface area contributed by atoms with Gasteiger partial charge in [0.2, 0.25) is 11.2 Å². The van der Waals surface area contributed by atoms with Gasteiger partial charge in [0.15, 0.2) is 11.5 Å². The van der Waals surface area contributed by atoms with Crippen LogP contribution in [0.3, 0.4) is 0 Å². The number of rotatable bonds is 6. The summed E-state index contributed by atoms with van der Waals surface area (Å²) in [6, 6.07) is 4.00. The van der Waals surface area contributed by atoms with Crippen molar-refractivity contribution in [2.45, 2.75) is 13.0 Å². The maximum absolute atomic E-state index is 13.9. The van der Waals surface area contributed by atoms with Crippen LogP contribution in [0.15, 0.2) is 43.0 Å². The van der Waals surface area contributed by atoms with Crippen molar-refractivity contribution in [2.75, 3.05) is 10.6 Å². The van der Waals surface area contributed by atoms with Crippen LogP contribution in [0, 0.1) is 11.8 Å². The van der Waals surface area contributed by atoms with E-state index >= 15 is 0 Å². The van der Waals surface area contributed by atoms with Crippen LogP contribution in [-0.2, 0) is 11.8 Å². The van der Waals surface area contributed by atoms with Gasteiger partial charge in [0.05, 0.1) is 34.9 Å². The highest BCUT2D eigenvalue weighted by molar-refractivity contribution is 6.28. The summed E-state index contributed by atoms with van der Waals surface area (Å²) in [7, 11) is 1.52. The van der Waals surface area contributed by atoms with Crippen LogP contribution >= 0.6 is 11.6 Å². The van der Waals surface area contributed by atoms with Crippen LogP contribution in [-0.4, -0.2) is 46.9 Å². The lowest BCUT2D eigenvalue weighted by molar-refractivity contribution is 0.102. The molecule has 4 aromatic heterocycles. The van der Waals surface area contributed by atoms with Crippen molar-refractivity contribution in [3.63, 3.8) is 0 Å². The number of ether oxygens (including phenoxy) is 1. The van der Waals surface area contributed by atoms with E-state index in [4.69, 9.17) is 16.3 Å². The molecule has 0 aromatic carbocycles. The van der Waals surface area contributed by atoms with E-state index in [1.807, 2.05) is 0 Å². The summed E-state index contributed by atoms with van der Waals surface area (Å²) >= 11 is 5.62. The molecule has 4 rings (SSSR count). The molecule has 0 saturated heterocycles. The van der Waals surface area contributed by atoms with Gasteiger partial charge in [-0.25, -0.2) is 28.8 Å². The minimum absolute atomic E-state index is 0.0161. The van der Waals surface area contributed by atoms with Crippen LogP contribution in [0.1, 0.15) is 28.9 Å². The Morgan fingerprint density at radius 3 is 2.50 bits per heavy atom. The molecule has 0 fully saturated rings. The third-order valence-electron chi connectivity index (χ3n) is 4.75. The van der Waals surface area contributed by atoms with Crippen molar-refractivity contribution in [3.05, 3.63) is 71.2 Å². The molecule has 0 aliphatic heterocycles. The van der Waals surface area contributed by atoms with Crippen molar-refractivity contribution < 1.29 is 23.1 Å². The smallest absolute Gasteiger partial charge is 0.413 e. The first-order valence-corrected chi connectivity index (χ1v) is 10.5. The summed E-state index contributed by atoms with van der Waals surface area (Å²) in [5.74, 6) is -2.07. The number of amides is 2. The van der Waals surface area contributed by atoms with Gasteiger partial charge in [-0.15, -0.1) is 5.10 Å². The van der Waals surface area contributed by atoms with E-state index in [0.717, 1.165) is 12.3 Å². The Balaban J connectivity index is 1.45. The summed E-state index contributed by atoms with van der Waals surface area (Å²) < 4.78 is 33.7. The van der Waals surface area contributed by atoms with Gasteiger partial charge in [-0.1, -0.05) is 5.21 Å². The largest absolute Gasteiger partial charge is 0.441 e. The fourth-order valence-corrected chi connectivity index (χ4v) is 3.08. The van der Waals surface area contributed by atoms with Crippen molar-refractivity contribution in [1.82, 2.24) is 34.9 Å². The third kappa shape index (κ3) is 5.55. The van der Waals surface area contributed by atoms with E-state index in [-0.39, 0.29) is 27.9 Å². The molecule has 0 spiro atoms. The lowest BCUT2D eigenvalue weighted by Gasteiger charge is -2.15. The predicted molar refractivity (Wildman–Crippen MR) is 122 cm³/mol. The van der Waals surface area contributed by atoms with Crippen molar-refractivity contribution in [1.29, 1.82) is 0 Å². The van der Waals surface area contributed by atoms with Crippen LogP contribution in [0.25, 0.3) is 11.4 Å². The van der Waals surface area contributed by atoms with Gasteiger partial charge in [0.25, 0.3) is 5.91 Å². The fourth-order valence-electron chi connectivity index (χ4n) is 2.98. The maximum Gasteiger partial charge on any atom is 0.413 e. The second kappa shape index (κ2) is 10.4. The molecule has 1 atom stereocenters. The number of carbonyl (C=O) groups is 2. The Labute approximate surface area is 206 Å². The molecule has 36 heavy (non-hydrogen) atoms. The molecule has 15 heteroatoms. The van der Waals surface area contributed by atoms with E-state index in [2.05, 4.69) is 40.9 Å². The molecule has 4 heterocycles. The molecule has 0 radical (unpaired) electrons. The summed E-state index contributed by atoms with van der Waals surface area (Å²) in [5, 5.41) is 13.0. The SMILES string of the molecule is CC(OC(=O)Nc1c(-c2ccc(NC(=O)c3cnc(Cl)nc3)cn2)nnn1C)c1cc(F)cnc1F. The first-order chi connectivity index (χ1) is 17.2. The van der Waals surface area contributed by atoms with Crippen LogP contribution in [0.5, 0.6) is 0 Å². The summed E-state index contributed by atoms with van der Waals surface area (Å²) in [6.07, 6.45) is 2.56. The third-order valence-corrected chi connectivity index (χ3v) is 4.94. The average Bonchev–Trinajstić information content (AvgIpc) is 3.21. The van der Waals surface area contributed by atoms with Gasteiger partial charge in [0.1, 0.15) is 11.9 Å². The first-order valence-electron chi connectivity index (χ1n) is 10.1. The molecule has 184 valence electrons. The second-order valence-corrected chi connectivity index (χ2v) is 7.58. The van der Waals surface area contributed by atoms with Gasteiger partial charge < -0.3 is 10.1 Å². The van der Waals surface area contributed by atoms with Gasteiger partial charge in [-0.2, -0.15) is 4.39 Å². The Morgan fingerprint density at radius 1 is 1.06 bits per heavy atom. The molecule has 12 nitrogen and oxygen atoms in total. The van der Waals surface area contributed by atoms with Crippen LogP contribution in [0.2, 0.25) is 5.28 Å². The number of anilines is 2. The summed E-state index contributed by atoms with van der Waals surface area (Å²) in [4.78, 5) is 39.7. The number of hydrogen-bond acceptors (Lipinski definition) is 9. The van der Waals surface area contributed by atoms with Crippen molar-refractivity contribution >= 4 is 35.1 Å². The number of carbonyl (C=O) groups excluding carboxylic acids is 2. The van der Waals surface area contributed by atoms with E-state index in [1.54, 1.807) is 12.1 Å². The molecule has 0 aliphatic rings. The first kappa shape index (κ1) is 24.5. The molecule has 1 unspecified atom stereocenters. The number of halogens is 3. The molecular weight excluding hydrogens is 500 g/mol. The molecular formula is C21H16ClF2N9O3. The number of nitrogens with one attached hydrogen (secondary N) is 2. The Hall–Kier alpha value is -4.59.